The number of nitrogens with two attached hydrogens (primary N) is 1. The predicted octanol–water partition coefficient (Wildman–Crippen LogP) is 0.869. The van der Waals surface area contributed by atoms with E-state index in [2.05, 4.69) is 10.6 Å². The van der Waals surface area contributed by atoms with Crippen molar-refractivity contribution in [1.29, 1.82) is 0 Å². The first kappa shape index (κ1) is 14.2. The lowest BCUT2D eigenvalue weighted by Crippen LogP contribution is -2.43. The number of hydrogen-bond acceptors (Lipinski definition) is 3. The molecule has 0 saturated heterocycles. The molecule has 1 atom stereocenters. The van der Waals surface area contributed by atoms with Gasteiger partial charge in [-0.1, -0.05) is 31.5 Å². The standard InChI is InChI=1S/C13H19N3O2/c1-2-6-11(14)13(18)15-9-12(17)16-10-7-4-3-5-8-10/h3-5,7-8,11H,2,6,9,14H2,1H3,(H,15,18)(H,16,17). The van der Waals surface area contributed by atoms with Crippen LogP contribution in [-0.2, 0) is 9.59 Å². The Hall–Kier alpha value is -1.88. The van der Waals surface area contributed by atoms with E-state index < -0.39 is 6.04 Å². The average Bonchev–Trinajstić information content (AvgIpc) is 2.37. The van der Waals surface area contributed by atoms with Crippen LogP contribution in [0, 0.1) is 0 Å². The van der Waals surface area contributed by atoms with Gasteiger partial charge in [0, 0.05) is 5.69 Å². The van der Waals surface area contributed by atoms with Crippen molar-refractivity contribution in [2.24, 2.45) is 5.73 Å². The lowest BCUT2D eigenvalue weighted by Gasteiger charge is -2.11. The molecule has 1 rings (SSSR count). The lowest BCUT2D eigenvalue weighted by atomic mass is 10.2. The molecule has 0 aliphatic carbocycles. The lowest BCUT2D eigenvalue weighted by molar-refractivity contribution is -0.125. The van der Waals surface area contributed by atoms with Gasteiger partial charge in [-0.2, -0.15) is 0 Å². The van der Waals surface area contributed by atoms with Gasteiger partial charge in [0.15, 0.2) is 0 Å². The van der Waals surface area contributed by atoms with E-state index in [1.807, 2.05) is 25.1 Å². The van der Waals surface area contributed by atoms with E-state index >= 15 is 0 Å². The molecular weight excluding hydrogens is 230 g/mol. The van der Waals surface area contributed by atoms with Crippen LogP contribution in [0.2, 0.25) is 0 Å². The summed E-state index contributed by atoms with van der Waals surface area (Å²) in [5.41, 5.74) is 6.33. The van der Waals surface area contributed by atoms with Gasteiger partial charge >= 0.3 is 0 Å². The van der Waals surface area contributed by atoms with Gasteiger partial charge in [-0.15, -0.1) is 0 Å². The normalized spacial score (nSPS) is 11.7. The number of amides is 2. The summed E-state index contributed by atoms with van der Waals surface area (Å²) in [4.78, 5) is 23.0. The molecule has 0 aliphatic rings. The van der Waals surface area contributed by atoms with Crippen molar-refractivity contribution in [3.63, 3.8) is 0 Å². The van der Waals surface area contributed by atoms with E-state index in [-0.39, 0.29) is 18.4 Å². The summed E-state index contributed by atoms with van der Waals surface area (Å²) in [6, 6.07) is 8.53. The van der Waals surface area contributed by atoms with Gasteiger partial charge in [-0.25, -0.2) is 0 Å². The number of nitrogens with one attached hydrogen (secondary N) is 2. The molecule has 0 spiro atoms. The van der Waals surface area contributed by atoms with Crippen LogP contribution >= 0.6 is 0 Å². The monoisotopic (exact) mass is 249 g/mol. The molecule has 4 N–H and O–H groups in total. The first-order valence-corrected chi connectivity index (χ1v) is 6.01. The van der Waals surface area contributed by atoms with Gasteiger partial charge in [0.05, 0.1) is 12.6 Å². The maximum atomic E-state index is 11.5. The SMILES string of the molecule is CCCC(N)C(=O)NCC(=O)Nc1ccccc1. The zero-order valence-electron chi connectivity index (χ0n) is 10.5. The first-order valence-electron chi connectivity index (χ1n) is 6.01. The number of carbonyl (C=O) groups excluding carboxylic acids is 2. The molecule has 5 heteroatoms. The Labute approximate surface area is 107 Å². The molecule has 18 heavy (non-hydrogen) atoms. The number of hydrogen-bond donors (Lipinski definition) is 3. The summed E-state index contributed by atoms with van der Waals surface area (Å²) in [6.45, 7) is 1.89. The fourth-order valence-corrected chi connectivity index (χ4v) is 1.47. The van der Waals surface area contributed by atoms with Crippen LogP contribution in [-0.4, -0.2) is 24.4 Å². The highest BCUT2D eigenvalue weighted by Crippen LogP contribution is 2.03. The summed E-state index contributed by atoms with van der Waals surface area (Å²) in [5, 5.41) is 5.18. The van der Waals surface area contributed by atoms with Crippen molar-refractivity contribution in [2.75, 3.05) is 11.9 Å². The molecule has 1 unspecified atom stereocenters. The third-order valence-corrected chi connectivity index (χ3v) is 2.42. The Kier molecular flexibility index (Phi) is 5.87. The van der Waals surface area contributed by atoms with Crippen molar-refractivity contribution in [1.82, 2.24) is 5.32 Å². The summed E-state index contributed by atoms with van der Waals surface area (Å²) < 4.78 is 0. The van der Waals surface area contributed by atoms with E-state index in [4.69, 9.17) is 5.73 Å². The Morgan fingerprint density at radius 1 is 1.28 bits per heavy atom. The van der Waals surface area contributed by atoms with E-state index in [9.17, 15) is 9.59 Å². The molecule has 0 bridgehead atoms. The van der Waals surface area contributed by atoms with E-state index in [0.29, 0.717) is 12.1 Å². The predicted molar refractivity (Wildman–Crippen MR) is 71.0 cm³/mol. The molecule has 2 amide bonds. The maximum absolute atomic E-state index is 11.5. The van der Waals surface area contributed by atoms with Crippen LogP contribution in [0.4, 0.5) is 5.69 Å². The number of rotatable bonds is 6. The molecule has 0 heterocycles. The third kappa shape index (κ3) is 4.97. The molecule has 5 nitrogen and oxygen atoms in total. The third-order valence-electron chi connectivity index (χ3n) is 2.42. The maximum Gasteiger partial charge on any atom is 0.243 e. The summed E-state index contributed by atoms with van der Waals surface area (Å²) in [5.74, 6) is -0.557. The fraction of sp³-hybridized carbons (Fsp3) is 0.385. The van der Waals surface area contributed by atoms with Gasteiger partial charge in [-0.05, 0) is 18.6 Å². The van der Waals surface area contributed by atoms with Gasteiger partial charge < -0.3 is 16.4 Å². The Bertz CT molecular complexity index is 392. The molecule has 0 saturated carbocycles. The van der Waals surface area contributed by atoms with E-state index in [1.54, 1.807) is 12.1 Å². The number of benzene rings is 1. The first-order chi connectivity index (χ1) is 8.63. The fourth-order valence-electron chi connectivity index (χ4n) is 1.47. The van der Waals surface area contributed by atoms with Crippen molar-refractivity contribution >= 4 is 17.5 Å². The van der Waals surface area contributed by atoms with Crippen molar-refractivity contribution in [2.45, 2.75) is 25.8 Å². The van der Waals surface area contributed by atoms with E-state index in [1.165, 1.54) is 0 Å². The zero-order chi connectivity index (χ0) is 13.4. The largest absolute Gasteiger partial charge is 0.346 e. The number of para-hydroxylation sites is 1. The van der Waals surface area contributed by atoms with Crippen LogP contribution in [0.3, 0.4) is 0 Å². The molecule has 0 aliphatic heterocycles. The highest BCUT2D eigenvalue weighted by molar-refractivity contribution is 5.95. The van der Waals surface area contributed by atoms with Crippen molar-refractivity contribution < 1.29 is 9.59 Å². The minimum absolute atomic E-state index is 0.0643. The topological polar surface area (TPSA) is 84.2 Å². The second kappa shape index (κ2) is 7.45. The molecule has 0 radical (unpaired) electrons. The summed E-state index contributed by atoms with van der Waals surface area (Å²) in [6.07, 6.45) is 1.46. The molecule has 0 fully saturated rings. The molecule has 1 aromatic carbocycles. The Morgan fingerprint density at radius 3 is 2.56 bits per heavy atom. The molecule has 1 aromatic rings. The highest BCUT2D eigenvalue weighted by Gasteiger charge is 2.12. The van der Waals surface area contributed by atoms with Crippen LogP contribution in [0.5, 0.6) is 0 Å². The van der Waals surface area contributed by atoms with Crippen LogP contribution in [0.25, 0.3) is 0 Å². The van der Waals surface area contributed by atoms with Gasteiger partial charge in [-0.3, -0.25) is 9.59 Å². The van der Waals surface area contributed by atoms with Gasteiger partial charge in [0.2, 0.25) is 11.8 Å². The van der Waals surface area contributed by atoms with Crippen molar-refractivity contribution in [3.8, 4) is 0 Å². The van der Waals surface area contributed by atoms with Gasteiger partial charge in [0.25, 0.3) is 0 Å². The minimum atomic E-state index is -0.542. The highest BCUT2D eigenvalue weighted by atomic mass is 16.2. The Morgan fingerprint density at radius 2 is 1.94 bits per heavy atom. The van der Waals surface area contributed by atoms with Crippen LogP contribution < -0.4 is 16.4 Å². The number of carbonyl (C=O) groups is 2. The van der Waals surface area contributed by atoms with Crippen LogP contribution in [0.1, 0.15) is 19.8 Å². The van der Waals surface area contributed by atoms with Crippen LogP contribution in [0.15, 0.2) is 30.3 Å². The second-order valence-electron chi connectivity index (χ2n) is 4.03. The smallest absolute Gasteiger partial charge is 0.243 e. The van der Waals surface area contributed by atoms with E-state index in [0.717, 1.165) is 6.42 Å². The quantitative estimate of drug-likeness (QED) is 0.699. The van der Waals surface area contributed by atoms with Gasteiger partial charge in [0.1, 0.15) is 0 Å². The summed E-state index contributed by atoms with van der Waals surface area (Å²) in [7, 11) is 0. The summed E-state index contributed by atoms with van der Waals surface area (Å²) >= 11 is 0. The minimum Gasteiger partial charge on any atom is -0.346 e. The molecule has 0 aromatic heterocycles. The second-order valence-corrected chi connectivity index (χ2v) is 4.03. The Balaban J connectivity index is 2.31. The number of anilines is 1. The van der Waals surface area contributed by atoms with Crippen molar-refractivity contribution in [3.05, 3.63) is 30.3 Å². The zero-order valence-corrected chi connectivity index (χ0v) is 10.5. The molecule has 98 valence electrons. The average molecular weight is 249 g/mol. The molecular formula is C13H19N3O2.